The number of halogens is 2. The Kier molecular flexibility index (Phi) is 5.45. The highest BCUT2D eigenvalue weighted by molar-refractivity contribution is 9.10. The molecule has 1 N–H and O–H groups in total. The molecule has 110 valence electrons. The van der Waals surface area contributed by atoms with Crippen LogP contribution in [0.3, 0.4) is 0 Å². The zero-order valence-electron chi connectivity index (χ0n) is 11.2. The Labute approximate surface area is 140 Å². The normalized spacial score (nSPS) is 11.0. The fraction of sp³-hybridized carbons (Fsp3) is 0.133. The van der Waals surface area contributed by atoms with Crippen molar-refractivity contribution < 1.29 is 9.90 Å². The number of benzene rings is 1. The minimum absolute atomic E-state index is 0.622. The van der Waals surface area contributed by atoms with E-state index in [4.69, 9.17) is 16.7 Å². The van der Waals surface area contributed by atoms with E-state index in [2.05, 4.69) is 22.0 Å². The van der Waals surface area contributed by atoms with Crippen LogP contribution >= 0.6 is 38.9 Å². The molecular formula is C15H13BrClNO2S. The molecule has 0 saturated carbocycles. The highest BCUT2D eigenvalue weighted by Crippen LogP contribution is 2.28. The van der Waals surface area contributed by atoms with Crippen molar-refractivity contribution in [2.24, 2.45) is 0 Å². The molecule has 0 spiro atoms. The number of hydrogen-bond donors (Lipinski definition) is 1. The van der Waals surface area contributed by atoms with Crippen LogP contribution in [0.2, 0.25) is 5.02 Å². The van der Waals surface area contributed by atoms with Crippen molar-refractivity contribution in [3.05, 3.63) is 55.7 Å². The van der Waals surface area contributed by atoms with E-state index in [1.807, 2.05) is 29.5 Å². The van der Waals surface area contributed by atoms with Gasteiger partial charge in [-0.1, -0.05) is 17.7 Å². The largest absolute Gasteiger partial charge is 0.478 e. The van der Waals surface area contributed by atoms with Crippen molar-refractivity contribution in [3.8, 4) is 0 Å². The smallest absolute Gasteiger partial charge is 0.328 e. The number of rotatable bonds is 5. The predicted molar refractivity (Wildman–Crippen MR) is 92.2 cm³/mol. The predicted octanol–water partition coefficient (Wildman–Crippen LogP) is 4.90. The molecule has 1 aromatic heterocycles. The fourth-order valence-electron chi connectivity index (χ4n) is 1.91. The summed E-state index contributed by atoms with van der Waals surface area (Å²) in [4.78, 5) is 13.9. The first-order chi connectivity index (χ1) is 9.95. The summed E-state index contributed by atoms with van der Waals surface area (Å²) in [5.74, 6) is -0.972. The van der Waals surface area contributed by atoms with Crippen LogP contribution in [-0.2, 0) is 11.3 Å². The molecule has 0 radical (unpaired) electrons. The molecular weight excluding hydrogens is 374 g/mol. The van der Waals surface area contributed by atoms with Crippen LogP contribution in [0.25, 0.3) is 6.08 Å². The van der Waals surface area contributed by atoms with Crippen molar-refractivity contribution in [1.82, 2.24) is 0 Å². The van der Waals surface area contributed by atoms with Crippen molar-refractivity contribution in [3.63, 3.8) is 0 Å². The van der Waals surface area contributed by atoms with E-state index in [1.54, 1.807) is 23.5 Å². The summed E-state index contributed by atoms with van der Waals surface area (Å²) in [6.07, 6.45) is 2.71. The maximum absolute atomic E-state index is 10.7. The van der Waals surface area contributed by atoms with E-state index in [1.165, 1.54) is 4.88 Å². The van der Waals surface area contributed by atoms with Crippen LogP contribution in [0.15, 0.2) is 40.2 Å². The fourth-order valence-corrected chi connectivity index (χ4v) is 3.57. The third kappa shape index (κ3) is 4.59. The standard InChI is InChI=1S/C15H13BrClNO2S/c1-18(8-13-6-11(16)9-21-13)14-7-12(17)4-2-10(14)3-5-15(19)20/h2-7,9H,8H2,1H3,(H,19,20)/b5-3+. The third-order valence-electron chi connectivity index (χ3n) is 2.82. The van der Waals surface area contributed by atoms with Crippen LogP contribution in [0, 0.1) is 0 Å². The second kappa shape index (κ2) is 7.11. The summed E-state index contributed by atoms with van der Waals surface area (Å²) in [5, 5.41) is 11.4. The van der Waals surface area contributed by atoms with Crippen molar-refractivity contribution in [2.75, 3.05) is 11.9 Å². The number of hydrogen-bond acceptors (Lipinski definition) is 3. The average Bonchev–Trinajstić information content (AvgIpc) is 2.82. The molecule has 2 aromatic rings. The Balaban J connectivity index is 2.27. The van der Waals surface area contributed by atoms with E-state index in [0.717, 1.165) is 28.3 Å². The SMILES string of the molecule is CN(Cc1cc(Br)cs1)c1cc(Cl)ccc1/C=C/C(=O)O. The monoisotopic (exact) mass is 385 g/mol. The molecule has 0 aliphatic rings. The average molecular weight is 387 g/mol. The maximum Gasteiger partial charge on any atom is 0.328 e. The van der Waals surface area contributed by atoms with Crippen LogP contribution in [0.4, 0.5) is 5.69 Å². The van der Waals surface area contributed by atoms with Gasteiger partial charge in [0.1, 0.15) is 0 Å². The van der Waals surface area contributed by atoms with Crippen LogP contribution in [-0.4, -0.2) is 18.1 Å². The highest BCUT2D eigenvalue weighted by Gasteiger charge is 2.09. The molecule has 1 aromatic carbocycles. The second-order valence-electron chi connectivity index (χ2n) is 4.46. The zero-order chi connectivity index (χ0) is 15.4. The van der Waals surface area contributed by atoms with E-state index in [-0.39, 0.29) is 0 Å². The number of carboxylic acids is 1. The number of nitrogens with zero attached hydrogens (tertiary/aromatic N) is 1. The molecule has 0 unspecified atom stereocenters. The van der Waals surface area contributed by atoms with Gasteiger partial charge >= 0.3 is 5.97 Å². The molecule has 6 heteroatoms. The molecule has 2 rings (SSSR count). The molecule has 0 atom stereocenters. The summed E-state index contributed by atoms with van der Waals surface area (Å²) in [6.45, 7) is 0.727. The van der Waals surface area contributed by atoms with Gasteiger partial charge in [0.25, 0.3) is 0 Å². The van der Waals surface area contributed by atoms with Gasteiger partial charge in [-0.25, -0.2) is 4.79 Å². The Hall–Kier alpha value is -1.30. The van der Waals surface area contributed by atoms with Crippen LogP contribution < -0.4 is 4.90 Å². The molecule has 3 nitrogen and oxygen atoms in total. The molecule has 1 heterocycles. The number of anilines is 1. The Morgan fingerprint density at radius 3 is 2.86 bits per heavy atom. The van der Waals surface area contributed by atoms with Gasteiger partial charge in [0.15, 0.2) is 0 Å². The Morgan fingerprint density at radius 1 is 1.48 bits per heavy atom. The minimum Gasteiger partial charge on any atom is -0.478 e. The quantitative estimate of drug-likeness (QED) is 0.743. The molecule has 21 heavy (non-hydrogen) atoms. The summed E-state index contributed by atoms with van der Waals surface area (Å²) in [7, 11) is 1.96. The highest BCUT2D eigenvalue weighted by atomic mass is 79.9. The molecule has 0 amide bonds. The van der Waals surface area contributed by atoms with E-state index >= 15 is 0 Å². The first kappa shape index (κ1) is 16.1. The number of carboxylic acid groups (broad SMARTS) is 1. The second-order valence-corrected chi connectivity index (χ2v) is 6.81. The molecule has 0 fully saturated rings. The first-order valence-electron chi connectivity index (χ1n) is 6.10. The summed E-state index contributed by atoms with van der Waals surface area (Å²) in [5.41, 5.74) is 1.71. The van der Waals surface area contributed by atoms with Crippen LogP contribution in [0.5, 0.6) is 0 Å². The van der Waals surface area contributed by atoms with Crippen molar-refractivity contribution >= 4 is 56.6 Å². The van der Waals surface area contributed by atoms with Gasteiger partial charge < -0.3 is 10.0 Å². The lowest BCUT2D eigenvalue weighted by Gasteiger charge is -2.21. The lowest BCUT2D eigenvalue weighted by molar-refractivity contribution is -0.131. The van der Waals surface area contributed by atoms with Crippen molar-refractivity contribution in [2.45, 2.75) is 6.54 Å². The Bertz CT molecular complexity index is 684. The molecule has 0 bridgehead atoms. The first-order valence-corrected chi connectivity index (χ1v) is 8.15. The summed E-state index contributed by atoms with van der Waals surface area (Å²) in [6, 6.07) is 7.48. The van der Waals surface area contributed by atoms with Crippen molar-refractivity contribution in [1.29, 1.82) is 0 Å². The minimum atomic E-state index is -0.972. The lowest BCUT2D eigenvalue weighted by atomic mass is 10.1. The van der Waals surface area contributed by atoms with E-state index < -0.39 is 5.97 Å². The van der Waals surface area contributed by atoms with Gasteiger partial charge in [0, 0.05) is 38.6 Å². The third-order valence-corrected chi connectivity index (χ3v) is 4.74. The number of thiophene rings is 1. The van der Waals surface area contributed by atoms with Gasteiger partial charge in [0.2, 0.25) is 0 Å². The maximum atomic E-state index is 10.7. The molecule has 0 aliphatic heterocycles. The zero-order valence-corrected chi connectivity index (χ0v) is 14.4. The summed E-state index contributed by atoms with van der Waals surface area (Å²) < 4.78 is 1.06. The topological polar surface area (TPSA) is 40.5 Å². The van der Waals surface area contributed by atoms with Gasteiger partial charge in [0.05, 0.1) is 6.54 Å². The lowest BCUT2D eigenvalue weighted by Crippen LogP contribution is -2.16. The van der Waals surface area contributed by atoms with Gasteiger partial charge in [-0.05, 0) is 45.8 Å². The molecule has 0 aliphatic carbocycles. The Morgan fingerprint density at radius 2 is 2.24 bits per heavy atom. The van der Waals surface area contributed by atoms with E-state index in [0.29, 0.717) is 5.02 Å². The number of aliphatic carboxylic acids is 1. The van der Waals surface area contributed by atoms with Gasteiger partial charge in [-0.3, -0.25) is 0 Å². The summed E-state index contributed by atoms with van der Waals surface area (Å²) >= 11 is 11.2. The number of carbonyl (C=O) groups is 1. The van der Waals surface area contributed by atoms with E-state index in [9.17, 15) is 4.79 Å². The van der Waals surface area contributed by atoms with Crippen LogP contribution in [0.1, 0.15) is 10.4 Å². The van der Waals surface area contributed by atoms with Gasteiger partial charge in [-0.15, -0.1) is 11.3 Å². The van der Waals surface area contributed by atoms with Gasteiger partial charge in [-0.2, -0.15) is 0 Å². The molecule has 0 saturated heterocycles.